The summed E-state index contributed by atoms with van der Waals surface area (Å²) in [6, 6.07) is -0.542. The zero-order valence-electron chi connectivity index (χ0n) is 7.02. The zero-order chi connectivity index (χ0) is 8.60. The van der Waals surface area contributed by atoms with Crippen molar-refractivity contribution < 1.29 is 8.78 Å². The maximum absolute atomic E-state index is 13.2. The first-order valence-electron chi connectivity index (χ1n) is 4.53. The molecular weight excluding hydrogens is 162 g/mol. The van der Waals surface area contributed by atoms with E-state index in [1.165, 1.54) is 0 Å². The fourth-order valence-corrected chi connectivity index (χ4v) is 2.09. The summed E-state index contributed by atoms with van der Waals surface area (Å²) in [7, 11) is 0. The number of hydrogen-bond acceptors (Lipinski definition) is 2. The number of halogens is 2. The lowest BCUT2D eigenvalue weighted by Crippen LogP contribution is -2.45. The van der Waals surface area contributed by atoms with Crippen LogP contribution in [0, 0.1) is 0 Å². The molecule has 1 N–H and O–H groups in total. The maximum atomic E-state index is 13.2. The molecule has 2 fully saturated rings. The molecule has 0 radical (unpaired) electrons. The van der Waals surface area contributed by atoms with Crippen molar-refractivity contribution in [2.45, 2.75) is 24.8 Å². The van der Waals surface area contributed by atoms with Crippen LogP contribution in [0.25, 0.3) is 0 Å². The van der Waals surface area contributed by atoms with E-state index in [0.717, 1.165) is 25.9 Å². The molecule has 2 rings (SSSR count). The van der Waals surface area contributed by atoms with Gasteiger partial charge in [0.05, 0.1) is 12.6 Å². The maximum Gasteiger partial charge on any atom is 0.276 e. The van der Waals surface area contributed by atoms with E-state index in [9.17, 15) is 8.78 Å². The highest BCUT2D eigenvalue weighted by molar-refractivity contribution is 4.96. The number of rotatable bonds is 1. The Hall–Kier alpha value is -0.220. The van der Waals surface area contributed by atoms with Crippen LogP contribution in [0.5, 0.6) is 0 Å². The molecule has 2 nitrogen and oxygen atoms in total. The predicted molar refractivity (Wildman–Crippen MR) is 42.4 cm³/mol. The normalized spacial score (nSPS) is 36.0. The van der Waals surface area contributed by atoms with Gasteiger partial charge in [0.2, 0.25) is 0 Å². The molecule has 2 heterocycles. The van der Waals surface area contributed by atoms with Crippen molar-refractivity contribution in [2.75, 3.05) is 26.2 Å². The summed E-state index contributed by atoms with van der Waals surface area (Å²) in [6.07, 6.45) is 2.15. The van der Waals surface area contributed by atoms with Crippen LogP contribution in [-0.2, 0) is 0 Å². The molecule has 0 spiro atoms. The first-order chi connectivity index (χ1) is 5.70. The molecule has 0 aromatic carbocycles. The quantitative estimate of drug-likeness (QED) is 0.632. The second-order valence-corrected chi connectivity index (χ2v) is 3.65. The van der Waals surface area contributed by atoms with Crippen molar-refractivity contribution in [3.63, 3.8) is 0 Å². The fraction of sp³-hybridized carbons (Fsp3) is 1.00. The summed E-state index contributed by atoms with van der Waals surface area (Å²) in [6.45, 7) is 2.00. The molecule has 0 aromatic rings. The minimum Gasteiger partial charge on any atom is -0.309 e. The average molecular weight is 176 g/mol. The third kappa shape index (κ3) is 1.33. The largest absolute Gasteiger partial charge is 0.309 e. The number of alkyl halides is 2. The molecule has 2 aliphatic heterocycles. The van der Waals surface area contributed by atoms with Gasteiger partial charge in [-0.2, -0.15) is 0 Å². The third-order valence-electron chi connectivity index (χ3n) is 2.77. The van der Waals surface area contributed by atoms with Gasteiger partial charge in [0.1, 0.15) is 0 Å². The summed E-state index contributed by atoms with van der Waals surface area (Å²) in [5.74, 6) is -2.51. The summed E-state index contributed by atoms with van der Waals surface area (Å²) >= 11 is 0. The standard InChI is InChI=1S/C8H14F2N2/c9-8(10)6-11-5-7(8)12-3-1-2-4-12/h7,11H,1-6H2. The molecule has 12 heavy (non-hydrogen) atoms. The molecule has 2 aliphatic rings. The van der Waals surface area contributed by atoms with Gasteiger partial charge in [-0.15, -0.1) is 0 Å². The smallest absolute Gasteiger partial charge is 0.276 e. The van der Waals surface area contributed by atoms with E-state index in [2.05, 4.69) is 5.32 Å². The number of nitrogens with one attached hydrogen (secondary N) is 1. The highest BCUT2D eigenvalue weighted by Crippen LogP contribution is 2.28. The predicted octanol–water partition coefficient (Wildman–Crippen LogP) is 0.689. The Morgan fingerprint density at radius 2 is 1.92 bits per heavy atom. The second kappa shape index (κ2) is 2.92. The minimum atomic E-state index is -2.51. The van der Waals surface area contributed by atoms with Crippen molar-refractivity contribution in [1.29, 1.82) is 0 Å². The van der Waals surface area contributed by atoms with Crippen LogP contribution in [0.1, 0.15) is 12.8 Å². The van der Waals surface area contributed by atoms with Gasteiger partial charge in [0, 0.05) is 6.54 Å². The Morgan fingerprint density at radius 3 is 2.42 bits per heavy atom. The lowest BCUT2D eigenvalue weighted by molar-refractivity contribution is -0.0415. The molecule has 1 atom stereocenters. The minimum absolute atomic E-state index is 0.145. The monoisotopic (exact) mass is 176 g/mol. The highest BCUT2D eigenvalue weighted by Gasteiger charge is 2.47. The van der Waals surface area contributed by atoms with Gasteiger partial charge in [-0.3, -0.25) is 4.90 Å². The van der Waals surface area contributed by atoms with Crippen LogP contribution < -0.4 is 5.32 Å². The molecule has 4 heteroatoms. The lowest BCUT2D eigenvalue weighted by atomic mass is 10.2. The molecule has 2 saturated heterocycles. The van der Waals surface area contributed by atoms with Crippen molar-refractivity contribution in [1.82, 2.24) is 10.2 Å². The van der Waals surface area contributed by atoms with Crippen LogP contribution in [0.15, 0.2) is 0 Å². The highest BCUT2D eigenvalue weighted by atomic mass is 19.3. The van der Waals surface area contributed by atoms with Gasteiger partial charge < -0.3 is 5.32 Å². The van der Waals surface area contributed by atoms with Gasteiger partial charge in [-0.1, -0.05) is 0 Å². The zero-order valence-corrected chi connectivity index (χ0v) is 7.02. The fourth-order valence-electron chi connectivity index (χ4n) is 2.09. The first kappa shape index (κ1) is 8.38. The van der Waals surface area contributed by atoms with Gasteiger partial charge in [0.15, 0.2) is 0 Å². The number of nitrogens with zero attached hydrogens (tertiary/aromatic N) is 1. The van der Waals surface area contributed by atoms with E-state index in [0.29, 0.717) is 6.54 Å². The molecule has 0 aromatic heterocycles. The molecule has 1 unspecified atom stereocenters. The van der Waals surface area contributed by atoms with Crippen molar-refractivity contribution in [3.05, 3.63) is 0 Å². The van der Waals surface area contributed by atoms with E-state index in [1.807, 2.05) is 4.90 Å². The van der Waals surface area contributed by atoms with Crippen LogP contribution in [0.4, 0.5) is 8.78 Å². The molecule has 0 aliphatic carbocycles. The van der Waals surface area contributed by atoms with E-state index in [4.69, 9.17) is 0 Å². The number of likely N-dealkylation sites (tertiary alicyclic amines) is 1. The Bertz CT molecular complexity index is 166. The van der Waals surface area contributed by atoms with Crippen molar-refractivity contribution >= 4 is 0 Å². The first-order valence-corrected chi connectivity index (χ1v) is 4.53. The summed E-state index contributed by atoms with van der Waals surface area (Å²) < 4.78 is 26.3. The van der Waals surface area contributed by atoms with Crippen LogP contribution >= 0.6 is 0 Å². The lowest BCUT2D eigenvalue weighted by Gasteiger charge is -2.27. The topological polar surface area (TPSA) is 15.3 Å². The summed E-state index contributed by atoms with van der Waals surface area (Å²) in [5, 5.41) is 2.75. The van der Waals surface area contributed by atoms with Crippen LogP contribution in [0.3, 0.4) is 0 Å². The van der Waals surface area contributed by atoms with Gasteiger partial charge in [-0.05, 0) is 25.9 Å². The Balaban J connectivity index is 2.02. The molecule has 0 saturated carbocycles. The molecule has 0 amide bonds. The Morgan fingerprint density at radius 1 is 1.25 bits per heavy atom. The Kier molecular flexibility index (Phi) is 2.04. The summed E-state index contributed by atoms with van der Waals surface area (Å²) in [4.78, 5) is 1.92. The average Bonchev–Trinajstić information content (AvgIpc) is 2.55. The molecular formula is C8H14F2N2. The number of hydrogen-bond donors (Lipinski definition) is 1. The van der Waals surface area contributed by atoms with Crippen LogP contribution in [-0.4, -0.2) is 43.0 Å². The van der Waals surface area contributed by atoms with E-state index < -0.39 is 12.0 Å². The SMILES string of the molecule is FC1(F)CNCC1N1CCCC1. The van der Waals surface area contributed by atoms with Crippen LogP contribution in [0.2, 0.25) is 0 Å². The van der Waals surface area contributed by atoms with E-state index >= 15 is 0 Å². The van der Waals surface area contributed by atoms with Gasteiger partial charge in [0.25, 0.3) is 5.92 Å². The Labute approximate surface area is 70.9 Å². The summed E-state index contributed by atoms with van der Waals surface area (Å²) in [5.41, 5.74) is 0. The van der Waals surface area contributed by atoms with E-state index in [-0.39, 0.29) is 6.54 Å². The molecule has 0 bridgehead atoms. The molecule has 70 valence electrons. The van der Waals surface area contributed by atoms with Crippen molar-refractivity contribution in [3.8, 4) is 0 Å². The van der Waals surface area contributed by atoms with Gasteiger partial charge in [-0.25, -0.2) is 8.78 Å². The van der Waals surface area contributed by atoms with Crippen molar-refractivity contribution in [2.24, 2.45) is 0 Å². The van der Waals surface area contributed by atoms with Gasteiger partial charge >= 0.3 is 0 Å². The van der Waals surface area contributed by atoms with E-state index in [1.54, 1.807) is 0 Å². The second-order valence-electron chi connectivity index (χ2n) is 3.65. The third-order valence-corrected chi connectivity index (χ3v) is 2.77.